The number of sulfonamides is 1. The van der Waals surface area contributed by atoms with Crippen LogP contribution in [0.4, 0.5) is 5.69 Å². The second-order valence-electron chi connectivity index (χ2n) is 3.38. The molecule has 0 saturated carbocycles. The Hall–Kier alpha value is -1.75. The molecule has 5 heteroatoms. The van der Waals surface area contributed by atoms with E-state index < -0.39 is 10.0 Å². The molecule has 1 N–H and O–H groups in total. The monoisotopic (exact) mass is 236 g/mol. The third kappa shape index (κ3) is 2.09. The molecule has 1 heterocycles. The third-order valence-electron chi connectivity index (χ3n) is 2.27. The van der Waals surface area contributed by atoms with Crippen LogP contribution in [0.2, 0.25) is 0 Å². The van der Waals surface area contributed by atoms with Crippen LogP contribution in [0.1, 0.15) is 0 Å². The highest BCUT2D eigenvalue weighted by Gasteiger charge is 2.19. The fourth-order valence-corrected chi connectivity index (χ4v) is 2.19. The molecule has 0 atom stereocenters. The van der Waals surface area contributed by atoms with Crippen LogP contribution >= 0.6 is 0 Å². The van der Waals surface area contributed by atoms with Crippen molar-refractivity contribution in [1.29, 1.82) is 0 Å². The number of nitrogens with zero attached hydrogens (tertiary/aromatic N) is 1. The van der Waals surface area contributed by atoms with Crippen molar-refractivity contribution in [3.63, 3.8) is 0 Å². The molecule has 0 fully saturated rings. The van der Waals surface area contributed by atoms with Crippen LogP contribution in [0.15, 0.2) is 53.7 Å². The van der Waals surface area contributed by atoms with E-state index in [0.29, 0.717) is 5.82 Å². The average Bonchev–Trinajstić information content (AvgIpc) is 2.26. The van der Waals surface area contributed by atoms with Crippen LogP contribution < -0.4 is 5.32 Å². The predicted octanol–water partition coefficient (Wildman–Crippen LogP) is 1.73. The lowest BCUT2D eigenvalue weighted by atomic mass is 10.3. The number of benzene rings is 1. The number of hydrogen-bond acceptors (Lipinski definition) is 3. The molecule has 0 spiro atoms. The number of nitrogens with one attached hydrogen (secondary N) is 1. The smallest absolute Gasteiger partial charge is 0.258 e. The lowest BCUT2D eigenvalue weighted by Gasteiger charge is -2.23. The Morgan fingerprint density at radius 2 is 1.88 bits per heavy atom. The van der Waals surface area contributed by atoms with Crippen LogP contribution in [0.5, 0.6) is 0 Å². The SMILES string of the molecule is CN1C(Nc2ccccc2)=CC=CS1(=O)=O. The largest absolute Gasteiger partial charge is 0.341 e. The van der Waals surface area contributed by atoms with Gasteiger partial charge in [-0.2, -0.15) is 0 Å². The lowest BCUT2D eigenvalue weighted by Crippen LogP contribution is -2.29. The Morgan fingerprint density at radius 3 is 2.56 bits per heavy atom. The van der Waals surface area contributed by atoms with Crippen molar-refractivity contribution in [2.75, 3.05) is 12.4 Å². The lowest BCUT2D eigenvalue weighted by molar-refractivity contribution is 0.534. The summed E-state index contributed by atoms with van der Waals surface area (Å²) in [6.07, 6.45) is 3.23. The highest BCUT2D eigenvalue weighted by molar-refractivity contribution is 7.92. The van der Waals surface area contributed by atoms with Crippen molar-refractivity contribution in [1.82, 2.24) is 4.31 Å². The van der Waals surface area contributed by atoms with E-state index in [1.165, 1.54) is 22.8 Å². The standard InChI is InChI=1S/C11H12N2O2S/c1-13-11(8-5-9-16(13,14)15)12-10-6-3-2-4-7-10/h2-9,12H,1H3. The fraction of sp³-hybridized carbons (Fsp3) is 0.0909. The van der Waals surface area contributed by atoms with E-state index in [9.17, 15) is 8.42 Å². The molecule has 1 aliphatic heterocycles. The Kier molecular flexibility index (Phi) is 2.70. The van der Waals surface area contributed by atoms with Crippen LogP contribution in [0.3, 0.4) is 0 Å². The van der Waals surface area contributed by atoms with Crippen molar-refractivity contribution in [2.24, 2.45) is 0 Å². The van der Waals surface area contributed by atoms with Crippen molar-refractivity contribution < 1.29 is 8.42 Å². The molecule has 0 radical (unpaired) electrons. The molecular formula is C11H12N2O2S. The minimum Gasteiger partial charge on any atom is -0.341 e. The summed E-state index contributed by atoms with van der Waals surface area (Å²) in [5.41, 5.74) is 0.853. The Balaban J connectivity index is 2.24. The zero-order valence-corrected chi connectivity index (χ0v) is 9.61. The first kappa shape index (κ1) is 10.8. The summed E-state index contributed by atoms with van der Waals surface area (Å²) in [6.45, 7) is 0. The van der Waals surface area contributed by atoms with Crippen LogP contribution in [-0.2, 0) is 10.0 Å². The molecule has 0 unspecified atom stereocenters. The maximum absolute atomic E-state index is 11.5. The zero-order valence-electron chi connectivity index (χ0n) is 8.79. The molecule has 1 aliphatic rings. The molecule has 84 valence electrons. The summed E-state index contributed by atoms with van der Waals surface area (Å²) >= 11 is 0. The van der Waals surface area contributed by atoms with Crippen LogP contribution in [0.25, 0.3) is 0 Å². The van der Waals surface area contributed by atoms with Gasteiger partial charge in [0.05, 0.1) is 5.41 Å². The summed E-state index contributed by atoms with van der Waals surface area (Å²) in [4.78, 5) is 0. The summed E-state index contributed by atoms with van der Waals surface area (Å²) in [7, 11) is -1.79. The molecule has 16 heavy (non-hydrogen) atoms. The maximum Gasteiger partial charge on any atom is 0.258 e. The number of para-hydroxylation sites is 1. The van der Waals surface area contributed by atoms with Gasteiger partial charge < -0.3 is 5.32 Å². The van der Waals surface area contributed by atoms with Crippen molar-refractivity contribution in [3.05, 3.63) is 53.7 Å². The van der Waals surface area contributed by atoms with Crippen molar-refractivity contribution in [3.8, 4) is 0 Å². The zero-order chi connectivity index (χ0) is 11.6. The van der Waals surface area contributed by atoms with Gasteiger partial charge in [-0.25, -0.2) is 8.42 Å². The molecule has 4 nitrogen and oxygen atoms in total. The van der Waals surface area contributed by atoms with Gasteiger partial charge in [0, 0.05) is 12.7 Å². The minimum absolute atomic E-state index is 0.536. The summed E-state index contributed by atoms with van der Waals surface area (Å²) in [5.74, 6) is 0.536. The number of rotatable bonds is 2. The molecule has 0 aromatic heterocycles. The molecule has 0 bridgehead atoms. The van der Waals surface area contributed by atoms with E-state index in [0.717, 1.165) is 5.69 Å². The molecule has 0 saturated heterocycles. The van der Waals surface area contributed by atoms with Crippen molar-refractivity contribution >= 4 is 15.7 Å². The van der Waals surface area contributed by atoms with E-state index in [1.807, 2.05) is 30.3 Å². The van der Waals surface area contributed by atoms with E-state index in [-0.39, 0.29) is 0 Å². The first-order valence-corrected chi connectivity index (χ1v) is 6.29. The van der Waals surface area contributed by atoms with Gasteiger partial charge in [-0.1, -0.05) is 18.2 Å². The summed E-state index contributed by atoms with van der Waals surface area (Å²) in [6, 6.07) is 9.42. The number of hydrogen-bond donors (Lipinski definition) is 1. The van der Waals surface area contributed by atoms with Crippen LogP contribution in [0, 0.1) is 0 Å². The molecular weight excluding hydrogens is 224 g/mol. The average molecular weight is 236 g/mol. The van der Waals surface area contributed by atoms with Crippen LogP contribution in [-0.4, -0.2) is 19.8 Å². The fourth-order valence-electron chi connectivity index (χ4n) is 1.35. The topological polar surface area (TPSA) is 49.4 Å². The predicted molar refractivity (Wildman–Crippen MR) is 64.0 cm³/mol. The Morgan fingerprint density at radius 1 is 1.19 bits per heavy atom. The Labute approximate surface area is 94.9 Å². The molecule has 1 aromatic rings. The van der Waals surface area contributed by atoms with Gasteiger partial charge in [0.15, 0.2) is 0 Å². The number of allylic oxidation sites excluding steroid dienone is 2. The maximum atomic E-state index is 11.5. The van der Waals surface area contributed by atoms with Gasteiger partial charge in [-0.05, 0) is 24.3 Å². The van der Waals surface area contributed by atoms with Gasteiger partial charge >= 0.3 is 0 Å². The normalized spacial score (nSPS) is 18.1. The minimum atomic E-state index is -3.31. The second kappa shape index (κ2) is 4.02. The van der Waals surface area contributed by atoms with Gasteiger partial charge in [0.2, 0.25) is 0 Å². The van der Waals surface area contributed by atoms with E-state index in [4.69, 9.17) is 0 Å². The summed E-state index contributed by atoms with van der Waals surface area (Å²) < 4.78 is 24.3. The van der Waals surface area contributed by atoms with E-state index in [2.05, 4.69) is 5.32 Å². The highest BCUT2D eigenvalue weighted by Crippen LogP contribution is 2.17. The van der Waals surface area contributed by atoms with Gasteiger partial charge in [0.25, 0.3) is 10.0 Å². The first-order chi connectivity index (χ1) is 7.59. The quantitative estimate of drug-likeness (QED) is 0.850. The van der Waals surface area contributed by atoms with Crippen molar-refractivity contribution in [2.45, 2.75) is 0 Å². The van der Waals surface area contributed by atoms with Gasteiger partial charge in [0.1, 0.15) is 5.82 Å². The highest BCUT2D eigenvalue weighted by atomic mass is 32.2. The second-order valence-corrected chi connectivity index (χ2v) is 5.23. The van der Waals surface area contributed by atoms with E-state index in [1.54, 1.807) is 6.08 Å². The third-order valence-corrected chi connectivity index (χ3v) is 3.73. The van der Waals surface area contributed by atoms with Gasteiger partial charge in [-0.3, -0.25) is 4.31 Å². The van der Waals surface area contributed by atoms with Gasteiger partial charge in [-0.15, -0.1) is 0 Å². The molecule has 2 rings (SSSR count). The molecule has 0 aliphatic carbocycles. The molecule has 0 amide bonds. The molecule has 1 aromatic carbocycles. The summed E-state index contributed by atoms with van der Waals surface area (Å²) in [5, 5.41) is 4.21. The van der Waals surface area contributed by atoms with E-state index >= 15 is 0 Å². The number of anilines is 1. The first-order valence-electron chi connectivity index (χ1n) is 4.79. The Bertz CT molecular complexity index is 532.